The number of ether oxygens (including phenoxy) is 3. The molecule has 1 aliphatic carbocycles. The third-order valence-electron chi connectivity index (χ3n) is 4.94. The van der Waals surface area contributed by atoms with E-state index in [1.807, 2.05) is 6.92 Å². The zero-order valence-electron chi connectivity index (χ0n) is 16.8. The fourth-order valence-electron chi connectivity index (χ4n) is 3.14. The highest BCUT2D eigenvalue weighted by molar-refractivity contribution is 8.18. The van der Waals surface area contributed by atoms with Gasteiger partial charge in [-0.1, -0.05) is 6.92 Å². The summed E-state index contributed by atoms with van der Waals surface area (Å²) in [5.74, 6) is 1.42. The van der Waals surface area contributed by atoms with E-state index in [0.29, 0.717) is 33.6 Å². The highest BCUT2D eigenvalue weighted by Gasteiger charge is 2.39. The monoisotopic (exact) mass is 420 g/mol. The first kappa shape index (κ1) is 21.0. The van der Waals surface area contributed by atoms with Crippen LogP contribution in [0.2, 0.25) is 0 Å². The van der Waals surface area contributed by atoms with E-state index in [9.17, 15) is 14.4 Å². The van der Waals surface area contributed by atoms with Crippen LogP contribution in [0.4, 0.5) is 4.79 Å². The molecule has 1 heterocycles. The molecule has 1 N–H and O–H groups in total. The Morgan fingerprint density at radius 3 is 2.34 bits per heavy atom. The summed E-state index contributed by atoms with van der Waals surface area (Å²) in [5, 5.41) is 2.43. The number of carbonyl (C=O) groups is 3. The Kier molecular flexibility index (Phi) is 6.36. The summed E-state index contributed by atoms with van der Waals surface area (Å²) < 4.78 is 15.9. The maximum atomic E-state index is 12.6. The molecule has 156 valence electrons. The average molecular weight is 420 g/mol. The molecule has 2 fully saturated rings. The Bertz CT molecular complexity index is 844. The second kappa shape index (κ2) is 8.77. The maximum Gasteiger partial charge on any atom is 0.293 e. The number of nitrogens with zero attached hydrogens (tertiary/aromatic N) is 1. The number of hydrogen-bond donors (Lipinski definition) is 1. The van der Waals surface area contributed by atoms with Crippen molar-refractivity contribution < 1.29 is 28.6 Å². The van der Waals surface area contributed by atoms with Crippen molar-refractivity contribution in [3.8, 4) is 17.2 Å². The number of methoxy groups -OCH3 is 3. The SMILES string of the molecule is COc1cc(/C=C2\SC(=O)N(CCNC(=O)[C@H]3C[C@@H]3C)C2=O)cc(OC)c1OC. The molecular weight excluding hydrogens is 396 g/mol. The first-order valence-corrected chi connectivity index (χ1v) is 10.0. The molecule has 1 aliphatic heterocycles. The minimum Gasteiger partial charge on any atom is -0.493 e. The lowest BCUT2D eigenvalue weighted by atomic mass is 10.1. The van der Waals surface area contributed by atoms with E-state index in [0.717, 1.165) is 23.1 Å². The van der Waals surface area contributed by atoms with Crippen LogP contribution in [0, 0.1) is 11.8 Å². The summed E-state index contributed by atoms with van der Waals surface area (Å²) >= 11 is 0.864. The third kappa shape index (κ3) is 4.50. The predicted octanol–water partition coefficient (Wildman–Crippen LogP) is 2.52. The van der Waals surface area contributed by atoms with Crippen molar-refractivity contribution in [2.45, 2.75) is 13.3 Å². The van der Waals surface area contributed by atoms with Gasteiger partial charge >= 0.3 is 0 Å². The van der Waals surface area contributed by atoms with Gasteiger partial charge in [-0.3, -0.25) is 19.3 Å². The van der Waals surface area contributed by atoms with Crippen molar-refractivity contribution in [3.05, 3.63) is 22.6 Å². The molecule has 1 aromatic rings. The van der Waals surface area contributed by atoms with Gasteiger partial charge in [0.15, 0.2) is 11.5 Å². The lowest BCUT2D eigenvalue weighted by Gasteiger charge is -2.13. The number of amides is 3. The number of benzene rings is 1. The van der Waals surface area contributed by atoms with Crippen molar-refractivity contribution in [2.24, 2.45) is 11.8 Å². The molecule has 8 nitrogen and oxygen atoms in total. The minimum atomic E-state index is -0.386. The standard InChI is InChI=1S/C20H24N2O6S/c1-11-7-13(11)18(23)21-5-6-22-19(24)16(29-20(22)25)10-12-8-14(26-2)17(28-4)15(9-12)27-3/h8-11,13H,5-7H2,1-4H3,(H,21,23)/b16-10-/t11-,13-/m0/s1. The van der Waals surface area contributed by atoms with Crippen LogP contribution in [0.3, 0.4) is 0 Å². The Balaban J connectivity index is 1.70. The molecule has 1 saturated carbocycles. The van der Waals surface area contributed by atoms with Gasteiger partial charge in [-0.2, -0.15) is 0 Å². The van der Waals surface area contributed by atoms with Crippen LogP contribution in [0.5, 0.6) is 17.2 Å². The van der Waals surface area contributed by atoms with Crippen molar-refractivity contribution in [1.29, 1.82) is 0 Å². The Labute approximate surface area is 173 Å². The molecule has 1 saturated heterocycles. The number of rotatable bonds is 8. The van der Waals surface area contributed by atoms with E-state index in [1.165, 1.54) is 21.3 Å². The lowest BCUT2D eigenvalue weighted by Crippen LogP contribution is -2.37. The Morgan fingerprint density at radius 1 is 1.21 bits per heavy atom. The number of carbonyl (C=O) groups excluding carboxylic acids is 3. The summed E-state index contributed by atoms with van der Waals surface area (Å²) in [5.41, 5.74) is 0.640. The van der Waals surface area contributed by atoms with E-state index >= 15 is 0 Å². The zero-order valence-corrected chi connectivity index (χ0v) is 17.6. The molecule has 0 spiro atoms. The van der Waals surface area contributed by atoms with Crippen LogP contribution in [0.1, 0.15) is 18.9 Å². The van der Waals surface area contributed by atoms with Crippen LogP contribution in [0.15, 0.2) is 17.0 Å². The summed E-state index contributed by atoms with van der Waals surface area (Å²) in [6.45, 7) is 2.41. The van der Waals surface area contributed by atoms with Crippen LogP contribution < -0.4 is 19.5 Å². The Hall–Kier alpha value is -2.68. The van der Waals surface area contributed by atoms with Gasteiger partial charge in [0, 0.05) is 19.0 Å². The number of thioether (sulfide) groups is 1. The molecule has 2 atom stereocenters. The van der Waals surface area contributed by atoms with Crippen LogP contribution in [-0.4, -0.2) is 56.4 Å². The smallest absolute Gasteiger partial charge is 0.293 e. The van der Waals surface area contributed by atoms with Gasteiger partial charge in [-0.15, -0.1) is 0 Å². The van der Waals surface area contributed by atoms with E-state index in [-0.39, 0.29) is 36.1 Å². The molecule has 3 rings (SSSR count). The highest BCUT2D eigenvalue weighted by Crippen LogP contribution is 2.40. The minimum absolute atomic E-state index is 0.0163. The summed E-state index contributed by atoms with van der Waals surface area (Å²) in [6, 6.07) is 3.40. The van der Waals surface area contributed by atoms with E-state index in [1.54, 1.807) is 18.2 Å². The second-order valence-corrected chi connectivity index (χ2v) is 7.90. The van der Waals surface area contributed by atoms with Gasteiger partial charge in [0.05, 0.1) is 26.2 Å². The van der Waals surface area contributed by atoms with Crippen molar-refractivity contribution in [3.63, 3.8) is 0 Å². The van der Waals surface area contributed by atoms with E-state index < -0.39 is 0 Å². The molecule has 0 bridgehead atoms. The topological polar surface area (TPSA) is 94.2 Å². The van der Waals surface area contributed by atoms with Gasteiger partial charge in [-0.25, -0.2) is 0 Å². The highest BCUT2D eigenvalue weighted by atomic mass is 32.2. The van der Waals surface area contributed by atoms with Gasteiger partial charge in [0.25, 0.3) is 11.1 Å². The summed E-state index contributed by atoms with van der Waals surface area (Å²) in [6.07, 6.45) is 2.50. The first-order valence-electron chi connectivity index (χ1n) is 9.22. The number of imide groups is 1. The molecule has 29 heavy (non-hydrogen) atoms. The van der Waals surface area contributed by atoms with Crippen molar-refractivity contribution >= 4 is 34.9 Å². The van der Waals surface area contributed by atoms with E-state index in [4.69, 9.17) is 14.2 Å². The van der Waals surface area contributed by atoms with Crippen molar-refractivity contribution in [2.75, 3.05) is 34.4 Å². The molecule has 3 amide bonds. The maximum absolute atomic E-state index is 12.6. The van der Waals surface area contributed by atoms with Gasteiger partial charge in [-0.05, 0) is 47.9 Å². The molecule has 2 aliphatic rings. The normalized spacial score (nSPS) is 22.1. The molecule has 0 aromatic heterocycles. The van der Waals surface area contributed by atoms with Crippen LogP contribution >= 0.6 is 11.8 Å². The van der Waals surface area contributed by atoms with E-state index in [2.05, 4.69) is 5.32 Å². The first-order chi connectivity index (χ1) is 13.9. The lowest BCUT2D eigenvalue weighted by molar-refractivity contribution is -0.125. The fraction of sp³-hybridized carbons (Fsp3) is 0.450. The number of hydrogen-bond acceptors (Lipinski definition) is 7. The van der Waals surface area contributed by atoms with Gasteiger partial charge in [0.2, 0.25) is 11.7 Å². The Morgan fingerprint density at radius 2 is 1.83 bits per heavy atom. The predicted molar refractivity (Wildman–Crippen MR) is 109 cm³/mol. The second-order valence-electron chi connectivity index (χ2n) is 6.90. The molecule has 0 radical (unpaired) electrons. The molecule has 0 unspecified atom stereocenters. The van der Waals surface area contributed by atoms with Crippen LogP contribution in [-0.2, 0) is 9.59 Å². The zero-order chi connectivity index (χ0) is 21.1. The fourth-order valence-corrected chi connectivity index (χ4v) is 4.00. The quantitative estimate of drug-likeness (QED) is 0.646. The average Bonchev–Trinajstić information content (AvgIpc) is 3.39. The van der Waals surface area contributed by atoms with Gasteiger partial charge < -0.3 is 19.5 Å². The summed E-state index contributed by atoms with van der Waals surface area (Å²) in [7, 11) is 4.52. The largest absolute Gasteiger partial charge is 0.493 e. The third-order valence-corrected chi connectivity index (χ3v) is 5.85. The molecule has 9 heteroatoms. The number of nitrogens with one attached hydrogen (secondary N) is 1. The molecule has 1 aromatic carbocycles. The molecular formula is C20H24N2O6S. The summed E-state index contributed by atoms with van der Waals surface area (Å²) in [4.78, 5) is 38.2. The van der Waals surface area contributed by atoms with Gasteiger partial charge in [0.1, 0.15) is 0 Å². The van der Waals surface area contributed by atoms with Crippen LogP contribution in [0.25, 0.3) is 6.08 Å². The van der Waals surface area contributed by atoms with Crippen molar-refractivity contribution in [1.82, 2.24) is 10.2 Å².